The molecule has 1 N–H and O–H groups in total. The van der Waals surface area contributed by atoms with E-state index in [0.29, 0.717) is 5.75 Å². The molecule has 0 aliphatic carbocycles. The highest BCUT2D eigenvalue weighted by molar-refractivity contribution is 7.17. The van der Waals surface area contributed by atoms with Gasteiger partial charge < -0.3 is 10.1 Å². The van der Waals surface area contributed by atoms with Crippen LogP contribution in [0.5, 0.6) is 5.75 Å². The number of carbonyl (C=O) groups excluding carboxylic acids is 1. The summed E-state index contributed by atoms with van der Waals surface area (Å²) in [5.74, 6) is 0.118. The van der Waals surface area contributed by atoms with Crippen LogP contribution in [0.15, 0.2) is 47.8 Å². The smallest absolute Gasteiger partial charge is 0.296 e. The number of rotatable bonds is 7. The Morgan fingerprint density at radius 3 is 2.69 bits per heavy atom. The number of anilines is 1. The Morgan fingerprint density at radius 1 is 1.22 bits per heavy atom. The minimum Gasteiger partial charge on any atom is -0.496 e. The second-order valence-electron chi connectivity index (χ2n) is 7.87. The lowest BCUT2D eigenvalue weighted by atomic mass is 10.1. The molecule has 1 aliphatic heterocycles. The third kappa shape index (κ3) is 4.74. The van der Waals surface area contributed by atoms with Crippen molar-refractivity contribution in [2.24, 2.45) is 0 Å². The molecule has 1 amide bonds. The largest absolute Gasteiger partial charge is 0.496 e. The average Bonchev–Trinajstić information content (AvgIpc) is 3.22. The molecule has 0 spiro atoms. The first kappa shape index (κ1) is 22.2. The molecular weight excluding hydrogens is 428 g/mol. The molecule has 1 fully saturated rings. The zero-order chi connectivity index (χ0) is 22.7. The van der Waals surface area contributed by atoms with Crippen LogP contribution in [0.1, 0.15) is 12.5 Å². The van der Waals surface area contributed by atoms with E-state index >= 15 is 0 Å². The predicted octanol–water partition coefficient (Wildman–Crippen LogP) is 3.96. The topological polar surface area (TPSA) is 88.0 Å². The van der Waals surface area contributed by atoms with Crippen molar-refractivity contribution in [3.63, 3.8) is 0 Å². The first-order valence-electron chi connectivity index (χ1n) is 10.5. The van der Waals surface area contributed by atoms with E-state index in [1.807, 2.05) is 6.92 Å². The van der Waals surface area contributed by atoms with Gasteiger partial charge in [-0.25, -0.2) is 0 Å². The van der Waals surface area contributed by atoms with Crippen molar-refractivity contribution < 1.29 is 14.5 Å². The number of ether oxygens (including phenoxy) is 1. The van der Waals surface area contributed by atoms with Crippen molar-refractivity contribution in [1.29, 1.82) is 0 Å². The standard InChI is InChI=1S/C23H26N4O4S/c1-16(23(28)24-20-8-7-18(31-2)13-21(20)27(29)30)26-11-9-25(10-12-26)14-17-15-32-22-6-4-3-5-19(17)22/h3-8,13,15-16H,9-12,14H2,1-2H3,(H,24,28)/t16-/m1/s1. The quantitative estimate of drug-likeness (QED) is 0.429. The minimum atomic E-state index is -0.518. The Morgan fingerprint density at radius 2 is 1.97 bits per heavy atom. The summed E-state index contributed by atoms with van der Waals surface area (Å²) in [7, 11) is 1.44. The van der Waals surface area contributed by atoms with Gasteiger partial charge in [0.15, 0.2) is 0 Å². The molecule has 0 unspecified atom stereocenters. The van der Waals surface area contributed by atoms with Crippen molar-refractivity contribution in [3.8, 4) is 5.75 Å². The lowest BCUT2D eigenvalue weighted by molar-refractivity contribution is -0.384. The number of nitrogens with one attached hydrogen (secondary N) is 1. The van der Waals surface area contributed by atoms with Crippen LogP contribution in [-0.2, 0) is 11.3 Å². The Bertz CT molecular complexity index is 1120. The van der Waals surface area contributed by atoms with E-state index in [9.17, 15) is 14.9 Å². The van der Waals surface area contributed by atoms with Crippen LogP contribution >= 0.6 is 11.3 Å². The van der Waals surface area contributed by atoms with Crippen molar-refractivity contribution in [2.45, 2.75) is 19.5 Å². The number of benzene rings is 2. The first-order chi connectivity index (χ1) is 15.5. The molecule has 1 atom stereocenters. The molecule has 2 heterocycles. The summed E-state index contributed by atoms with van der Waals surface area (Å²) in [5.41, 5.74) is 1.34. The van der Waals surface area contributed by atoms with Crippen LogP contribution in [0, 0.1) is 10.1 Å². The summed E-state index contributed by atoms with van der Waals surface area (Å²) >= 11 is 1.77. The number of piperazine rings is 1. The molecule has 1 saturated heterocycles. The number of thiophene rings is 1. The molecule has 0 saturated carbocycles. The summed E-state index contributed by atoms with van der Waals surface area (Å²) in [6.45, 7) is 6.00. The molecule has 0 bridgehead atoms. The number of carbonyl (C=O) groups is 1. The van der Waals surface area contributed by atoms with Crippen LogP contribution in [0.3, 0.4) is 0 Å². The van der Waals surface area contributed by atoms with E-state index in [4.69, 9.17) is 4.74 Å². The highest BCUT2D eigenvalue weighted by Gasteiger charge is 2.27. The van der Waals surface area contributed by atoms with E-state index in [1.165, 1.54) is 34.9 Å². The fraction of sp³-hybridized carbons (Fsp3) is 0.348. The number of methoxy groups -OCH3 is 1. The number of fused-ring (bicyclic) bond motifs is 1. The van der Waals surface area contributed by atoms with Crippen molar-refractivity contribution in [3.05, 3.63) is 63.5 Å². The number of nitro groups is 1. The Hall–Kier alpha value is -3.01. The normalized spacial score (nSPS) is 16.1. The molecule has 9 heteroatoms. The van der Waals surface area contributed by atoms with E-state index in [-0.39, 0.29) is 23.3 Å². The zero-order valence-corrected chi connectivity index (χ0v) is 18.9. The molecule has 8 nitrogen and oxygen atoms in total. The van der Waals surface area contributed by atoms with Gasteiger partial charge in [-0.3, -0.25) is 24.7 Å². The van der Waals surface area contributed by atoms with Gasteiger partial charge in [0.1, 0.15) is 11.4 Å². The maximum Gasteiger partial charge on any atom is 0.296 e. The first-order valence-corrected chi connectivity index (χ1v) is 11.4. The summed E-state index contributed by atoms with van der Waals surface area (Å²) in [5, 5.41) is 17.6. The molecule has 4 rings (SSSR count). The van der Waals surface area contributed by atoms with Crippen LogP contribution in [0.2, 0.25) is 0 Å². The highest BCUT2D eigenvalue weighted by Crippen LogP contribution is 2.30. The molecule has 2 aromatic carbocycles. The lowest BCUT2D eigenvalue weighted by Crippen LogP contribution is -2.52. The van der Waals surface area contributed by atoms with Crippen LogP contribution in [0.4, 0.5) is 11.4 Å². The lowest BCUT2D eigenvalue weighted by Gasteiger charge is -2.37. The summed E-state index contributed by atoms with van der Waals surface area (Å²) in [6.07, 6.45) is 0. The second-order valence-corrected chi connectivity index (χ2v) is 8.79. The number of hydrogen-bond donors (Lipinski definition) is 1. The molecule has 3 aromatic rings. The van der Waals surface area contributed by atoms with E-state index in [2.05, 4.69) is 44.8 Å². The Kier molecular flexibility index (Phi) is 6.69. The molecule has 1 aromatic heterocycles. The number of nitro benzene ring substituents is 1. The summed E-state index contributed by atoms with van der Waals surface area (Å²) < 4.78 is 6.35. The molecule has 168 valence electrons. The van der Waals surface area contributed by atoms with Crippen LogP contribution < -0.4 is 10.1 Å². The van der Waals surface area contributed by atoms with Gasteiger partial charge in [-0.05, 0) is 41.5 Å². The van der Waals surface area contributed by atoms with Crippen molar-refractivity contribution in [1.82, 2.24) is 9.80 Å². The average molecular weight is 455 g/mol. The maximum absolute atomic E-state index is 12.8. The predicted molar refractivity (Wildman–Crippen MR) is 126 cm³/mol. The van der Waals surface area contributed by atoms with E-state index in [1.54, 1.807) is 17.4 Å². The van der Waals surface area contributed by atoms with Gasteiger partial charge in [-0.15, -0.1) is 11.3 Å². The van der Waals surface area contributed by atoms with Gasteiger partial charge in [0.05, 0.1) is 24.1 Å². The third-order valence-corrected chi connectivity index (χ3v) is 6.96. The maximum atomic E-state index is 12.8. The van der Waals surface area contributed by atoms with Crippen LogP contribution in [-0.4, -0.2) is 60.0 Å². The van der Waals surface area contributed by atoms with Gasteiger partial charge in [0.2, 0.25) is 5.91 Å². The number of amides is 1. The fourth-order valence-electron chi connectivity index (χ4n) is 4.00. The Labute approximate surface area is 190 Å². The third-order valence-electron chi connectivity index (χ3n) is 5.95. The fourth-order valence-corrected chi connectivity index (χ4v) is 4.96. The monoisotopic (exact) mass is 454 g/mol. The van der Waals surface area contributed by atoms with E-state index < -0.39 is 4.92 Å². The zero-order valence-electron chi connectivity index (χ0n) is 18.1. The van der Waals surface area contributed by atoms with Gasteiger partial charge in [0.25, 0.3) is 5.69 Å². The van der Waals surface area contributed by atoms with E-state index in [0.717, 1.165) is 32.7 Å². The van der Waals surface area contributed by atoms with Crippen molar-refractivity contribution >= 4 is 38.7 Å². The molecule has 32 heavy (non-hydrogen) atoms. The SMILES string of the molecule is COc1ccc(NC(=O)[C@@H](C)N2CCN(Cc3csc4ccccc34)CC2)c([N+](=O)[O-])c1. The second kappa shape index (κ2) is 9.64. The Balaban J connectivity index is 1.34. The van der Waals surface area contributed by atoms with Gasteiger partial charge >= 0.3 is 0 Å². The summed E-state index contributed by atoms with van der Waals surface area (Å²) in [6, 6.07) is 12.5. The van der Waals surface area contributed by atoms with Crippen molar-refractivity contribution in [2.75, 3.05) is 38.6 Å². The van der Waals surface area contributed by atoms with Gasteiger partial charge in [-0.2, -0.15) is 0 Å². The van der Waals surface area contributed by atoms with Gasteiger partial charge in [-0.1, -0.05) is 18.2 Å². The van der Waals surface area contributed by atoms with Crippen LogP contribution in [0.25, 0.3) is 10.1 Å². The molecule has 0 radical (unpaired) electrons. The minimum absolute atomic E-state index is 0.177. The van der Waals surface area contributed by atoms with Gasteiger partial charge in [0, 0.05) is 37.4 Å². The summed E-state index contributed by atoms with van der Waals surface area (Å²) in [4.78, 5) is 28.2. The number of nitrogens with zero attached hydrogens (tertiary/aromatic N) is 3. The highest BCUT2D eigenvalue weighted by atomic mass is 32.1. The molecule has 1 aliphatic rings. The number of hydrogen-bond acceptors (Lipinski definition) is 7. The molecular formula is C23H26N4O4S.